The average Bonchev–Trinajstić information content (AvgIpc) is 2.87. The summed E-state index contributed by atoms with van der Waals surface area (Å²) in [7, 11) is 0. The van der Waals surface area contributed by atoms with Crippen molar-refractivity contribution in [2.45, 2.75) is 76.9 Å². The molecule has 4 fully saturated rings. The Kier molecular flexibility index (Phi) is 2.78. The molecule has 0 aromatic carbocycles. The summed E-state index contributed by atoms with van der Waals surface area (Å²) in [6.45, 7) is 4.59. The van der Waals surface area contributed by atoms with Crippen molar-refractivity contribution >= 4 is 5.78 Å². The standard InChI is InChI=1S/C18H29NO2/c1-16-7-6-14-17(2)10-12(20)9-11(17)5-8-18(14,19)13(16)3-4-15(16)21/h11,13-15,21H,3-10,19H2,1-2H3/t11-,13+,14+,15?,16-,17-,18+/m0/s1. The van der Waals surface area contributed by atoms with Crippen molar-refractivity contribution in [2.75, 3.05) is 0 Å². The first kappa shape index (κ1) is 14.2. The minimum Gasteiger partial charge on any atom is -0.393 e. The van der Waals surface area contributed by atoms with Gasteiger partial charge in [0.1, 0.15) is 5.78 Å². The third-order valence-corrected chi connectivity index (χ3v) is 8.26. The van der Waals surface area contributed by atoms with E-state index in [4.69, 9.17) is 5.73 Å². The first-order valence-corrected chi connectivity index (χ1v) is 8.79. The van der Waals surface area contributed by atoms with Crippen molar-refractivity contribution < 1.29 is 9.90 Å². The van der Waals surface area contributed by atoms with Crippen LogP contribution in [0.25, 0.3) is 0 Å². The lowest BCUT2D eigenvalue weighted by Gasteiger charge is -2.62. The molecule has 4 aliphatic rings. The minimum absolute atomic E-state index is 0.0110. The van der Waals surface area contributed by atoms with Crippen LogP contribution in [0.5, 0.6) is 0 Å². The highest BCUT2D eigenvalue weighted by atomic mass is 16.3. The topological polar surface area (TPSA) is 63.3 Å². The molecule has 0 aliphatic heterocycles. The number of carbonyl (C=O) groups is 1. The summed E-state index contributed by atoms with van der Waals surface area (Å²) < 4.78 is 0. The molecule has 7 atom stereocenters. The first-order chi connectivity index (χ1) is 9.81. The van der Waals surface area contributed by atoms with E-state index in [-0.39, 0.29) is 22.5 Å². The van der Waals surface area contributed by atoms with Gasteiger partial charge in [-0.3, -0.25) is 4.79 Å². The lowest BCUT2D eigenvalue weighted by molar-refractivity contribution is -0.122. The fraction of sp³-hybridized carbons (Fsp3) is 0.944. The molecule has 0 saturated heterocycles. The molecule has 0 bridgehead atoms. The van der Waals surface area contributed by atoms with Crippen LogP contribution in [0.3, 0.4) is 0 Å². The number of rotatable bonds is 0. The third kappa shape index (κ3) is 1.60. The van der Waals surface area contributed by atoms with Crippen LogP contribution in [0.2, 0.25) is 0 Å². The van der Waals surface area contributed by atoms with Crippen molar-refractivity contribution in [3.05, 3.63) is 0 Å². The average molecular weight is 291 g/mol. The van der Waals surface area contributed by atoms with Crippen LogP contribution in [-0.4, -0.2) is 22.5 Å². The molecule has 3 nitrogen and oxygen atoms in total. The van der Waals surface area contributed by atoms with Crippen LogP contribution in [0, 0.1) is 28.6 Å². The number of fused-ring (bicyclic) bond motifs is 5. The maximum absolute atomic E-state index is 12.1. The zero-order valence-electron chi connectivity index (χ0n) is 13.4. The second-order valence-corrected chi connectivity index (χ2v) is 9.02. The molecule has 0 heterocycles. The molecule has 1 unspecified atom stereocenters. The van der Waals surface area contributed by atoms with Gasteiger partial charge in [-0.05, 0) is 67.1 Å². The fourth-order valence-electron chi connectivity index (χ4n) is 7.11. The molecule has 3 heteroatoms. The molecule has 0 amide bonds. The predicted octanol–water partition coefficient (Wildman–Crippen LogP) is 2.65. The van der Waals surface area contributed by atoms with Crippen LogP contribution in [0.4, 0.5) is 0 Å². The number of aliphatic hydroxyl groups excluding tert-OH is 1. The maximum atomic E-state index is 12.1. The molecule has 0 aromatic rings. The molecule has 0 radical (unpaired) electrons. The van der Waals surface area contributed by atoms with Gasteiger partial charge in [-0.25, -0.2) is 0 Å². The highest BCUT2D eigenvalue weighted by molar-refractivity contribution is 5.82. The number of aliphatic hydroxyl groups is 1. The van der Waals surface area contributed by atoms with Gasteiger partial charge >= 0.3 is 0 Å². The van der Waals surface area contributed by atoms with Gasteiger partial charge in [-0.15, -0.1) is 0 Å². The van der Waals surface area contributed by atoms with E-state index in [2.05, 4.69) is 13.8 Å². The van der Waals surface area contributed by atoms with E-state index in [1.807, 2.05) is 0 Å². The SMILES string of the molecule is C[C@]12CC(=O)C[C@@H]1CC[C@]1(N)[C@@H]2CC[C@]2(C)C(O)CC[C@@H]12. The summed E-state index contributed by atoms with van der Waals surface area (Å²) in [4.78, 5) is 12.1. The van der Waals surface area contributed by atoms with Crippen LogP contribution in [0.15, 0.2) is 0 Å². The Balaban J connectivity index is 1.74. The van der Waals surface area contributed by atoms with Crippen LogP contribution in [0.1, 0.15) is 65.2 Å². The number of Topliss-reactive ketones (excluding diaryl/α,β-unsaturated/α-hetero) is 1. The van der Waals surface area contributed by atoms with E-state index in [9.17, 15) is 9.90 Å². The Morgan fingerprint density at radius 3 is 2.52 bits per heavy atom. The van der Waals surface area contributed by atoms with E-state index >= 15 is 0 Å². The molecular formula is C18H29NO2. The smallest absolute Gasteiger partial charge is 0.133 e. The third-order valence-electron chi connectivity index (χ3n) is 8.26. The Hall–Kier alpha value is -0.410. The molecule has 21 heavy (non-hydrogen) atoms. The van der Waals surface area contributed by atoms with E-state index in [1.54, 1.807) is 0 Å². The zero-order chi connectivity index (χ0) is 15.0. The zero-order valence-corrected chi connectivity index (χ0v) is 13.4. The van der Waals surface area contributed by atoms with Gasteiger partial charge in [0.25, 0.3) is 0 Å². The highest BCUT2D eigenvalue weighted by Gasteiger charge is 2.66. The fourth-order valence-corrected chi connectivity index (χ4v) is 7.11. The van der Waals surface area contributed by atoms with E-state index in [0.717, 1.165) is 51.4 Å². The molecule has 118 valence electrons. The second-order valence-electron chi connectivity index (χ2n) is 9.02. The number of hydrogen-bond donors (Lipinski definition) is 2. The molecule has 3 N–H and O–H groups in total. The van der Waals surface area contributed by atoms with E-state index in [0.29, 0.717) is 23.5 Å². The number of ketones is 1. The van der Waals surface area contributed by atoms with Crippen molar-refractivity contribution in [3.63, 3.8) is 0 Å². The van der Waals surface area contributed by atoms with E-state index < -0.39 is 0 Å². The summed E-state index contributed by atoms with van der Waals surface area (Å²) in [5, 5.41) is 10.5. The maximum Gasteiger partial charge on any atom is 0.133 e. The molecule has 4 rings (SSSR count). The summed E-state index contributed by atoms with van der Waals surface area (Å²) in [6.07, 6.45) is 7.67. The minimum atomic E-state index is -0.181. The molecular weight excluding hydrogens is 262 g/mol. The van der Waals surface area contributed by atoms with Gasteiger partial charge in [0.15, 0.2) is 0 Å². The Labute approximate surface area is 127 Å². The summed E-state index contributed by atoms with van der Waals surface area (Å²) >= 11 is 0. The Morgan fingerprint density at radius 1 is 1.05 bits per heavy atom. The quantitative estimate of drug-likeness (QED) is 0.721. The van der Waals surface area contributed by atoms with Crippen LogP contribution in [-0.2, 0) is 4.79 Å². The Morgan fingerprint density at radius 2 is 1.76 bits per heavy atom. The first-order valence-electron chi connectivity index (χ1n) is 8.79. The lowest BCUT2D eigenvalue weighted by atomic mass is 9.45. The number of carbonyl (C=O) groups excluding carboxylic acids is 1. The van der Waals surface area contributed by atoms with Crippen molar-refractivity contribution in [2.24, 2.45) is 34.3 Å². The van der Waals surface area contributed by atoms with Gasteiger partial charge in [0.05, 0.1) is 6.10 Å². The second kappa shape index (κ2) is 4.11. The van der Waals surface area contributed by atoms with Gasteiger partial charge in [-0.2, -0.15) is 0 Å². The Bertz CT molecular complexity index is 492. The van der Waals surface area contributed by atoms with Gasteiger partial charge in [0, 0.05) is 18.4 Å². The summed E-state index contributed by atoms with van der Waals surface area (Å²) in [6, 6.07) is 0. The van der Waals surface area contributed by atoms with Gasteiger partial charge in [0.2, 0.25) is 0 Å². The molecule has 0 aromatic heterocycles. The van der Waals surface area contributed by atoms with Gasteiger partial charge < -0.3 is 10.8 Å². The number of hydrogen-bond acceptors (Lipinski definition) is 3. The molecule has 0 spiro atoms. The normalized spacial score (nSPS) is 59.5. The van der Waals surface area contributed by atoms with E-state index in [1.165, 1.54) is 0 Å². The molecule has 4 saturated carbocycles. The summed E-state index contributed by atoms with van der Waals surface area (Å²) in [5.41, 5.74) is 7.04. The lowest BCUT2D eigenvalue weighted by Crippen LogP contribution is -2.67. The van der Waals surface area contributed by atoms with Gasteiger partial charge in [-0.1, -0.05) is 13.8 Å². The number of nitrogens with two attached hydrogens (primary N) is 1. The largest absolute Gasteiger partial charge is 0.393 e. The monoisotopic (exact) mass is 291 g/mol. The van der Waals surface area contributed by atoms with Crippen molar-refractivity contribution in [1.82, 2.24) is 0 Å². The van der Waals surface area contributed by atoms with Crippen molar-refractivity contribution in [1.29, 1.82) is 0 Å². The highest BCUT2D eigenvalue weighted by Crippen LogP contribution is 2.67. The van der Waals surface area contributed by atoms with Crippen LogP contribution < -0.4 is 5.73 Å². The predicted molar refractivity (Wildman–Crippen MR) is 81.6 cm³/mol. The summed E-state index contributed by atoms with van der Waals surface area (Å²) in [5.74, 6) is 1.92. The molecule has 4 aliphatic carbocycles. The van der Waals surface area contributed by atoms with Crippen molar-refractivity contribution in [3.8, 4) is 0 Å². The van der Waals surface area contributed by atoms with Crippen LogP contribution >= 0.6 is 0 Å².